The number of hydrogen-bond acceptors (Lipinski definition) is 5. The van der Waals surface area contributed by atoms with Crippen molar-refractivity contribution in [2.75, 3.05) is 18.0 Å². The van der Waals surface area contributed by atoms with Gasteiger partial charge in [-0.25, -0.2) is 9.59 Å². The number of nitrogens with one attached hydrogen (secondary N) is 1. The molecule has 1 saturated heterocycles. The third kappa shape index (κ3) is 5.11. The first-order valence-corrected chi connectivity index (χ1v) is 7.80. The molecule has 1 N–H and O–H groups in total. The summed E-state index contributed by atoms with van der Waals surface area (Å²) in [7, 11) is 0. The van der Waals surface area contributed by atoms with Crippen molar-refractivity contribution in [1.29, 1.82) is 0 Å². The number of carbonyl (C=O) groups is 1. The van der Waals surface area contributed by atoms with Crippen molar-refractivity contribution in [1.82, 2.24) is 5.32 Å². The van der Waals surface area contributed by atoms with Gasteiger partial charge in [0.15, 0.2) is 0 Å². The summed E-state index contributed by atoms with van der Waals surface area (Å²) in [5.74, 6) is 0. The minimum Gasteiger partial charge on any atom is -0.444 e. The highest BCUT2D eigenvalue weighted by atomic mass is 16.6. The number of carbonyl (C=O) groups excluding carboxylic acids is 2. The first kappa shape index (κ1) is 17.0. The Morgan fingerprint density at radius 3 is 2.57 bits per heavy atom. The summed E-state index contributed by atoms with van der Waals surface area (Å²) in [6.07, 6.45) is 2.86. The summed E-state index contributed by atoms with van der Waals surface area (Å²) in [6.45, 7) is 7.11. The van der Waals surface area contributed by atoms with Crippen molar-refractivity contribution in [3.05, 3.63) is 24.3 Å². The molecule has 1 aromatic rings. The van der Waals surface area contributed by atoms with E-state index in [4.69, 9.17) is 4.74 Å². The number of para-hydroxylation sites is 2. The second-order valence-electron chi connectivity index (χ2n) is 6.60. The topological polar surface area (TPSA) is 71.0 Å². The molecule has 1 amide bonds. The van der Waals surface area contributed by atoms with E-state index in [1.54, 1.807) is 12.1 Å². The molecule has 1 aliphatic heterocycles. The van der Waals surface area contributed by atoms with Gasteiger partial charge >= 0.3 is 6.09 Å². The third-order valence-corrected chi connectivity index (χ3v) is 3.60. The van der Waals surface area contributed by atoms with Gasteiger partial charge in [0.05, 0.1) is 11.4 Å². The molecule has 0 bridgehead atoms. The Bertz CT molecular complexity index is 595. The van der Waals surface area contributed by atoms with Crippen molar-refractivity contribution in [2.24, 2.45) is 4.99 Å². The highest BCUT2D eigenvalue weighted by molar-refractivity contribution is 5.70. The molecule has 1 heterocycles. The number of rotatable bonds is 3. The molecule has 1 aromatic carbocycles. The SMILES string of the molecule is CC(C)(C)OC(=O)NC1CCN(c2ccccc2N=C=O)CC1. The molecule has 0 radical (unpaired) electrons. The highest BCUT2D eigenvalue weighted by Gasteiger charge is 2.24. The number of piperidine rings is 1. The summed E-state index contributed by atoms with van der Waals surface area (Å²) in [5, 5.41) is 2.91. The fraction of sp³-hybridized carbons (Fsp3) is 0.529. The van der Waals surface area contributed by atoms with Gasteiger partial charge in [-0.05, 0) is 45.7 Å². The Balaban J connectivity index is 1.92. The van der Waals surface area contributed by atoms with Crippen LogP contribution in [0.3, 0.4) is 0 Å². The number of nitrogens with zero attached hydrogens (tertiary/aromatic N) is 2. The zero-order valence-corrected chi connectivity index (χ0v) is 13.8. The van der Waals surface area contributed by atoms with E-state index in [1.807, 2.05) is 39.0 Å². The van der Waals surface area contributed by atoms with Crippen LogP contribution in [-0.4, -0.2) is 36.9 Å². The van der Waals surface area contributed by atoms with Gasteiger partial charge in [-0.15, -0.1) is 0 Å². The van der Waals surface area contributed by atoms with E-state index in [2.05, 4.69) is 15.2 Å². The molecule has 0 spiro atoms. The molecule has 6 heteroatoms. The van der Waals surface area contributed by atoms with E-state index >= 15 is 0 Å². The molecular formula is C17H23N3O3. The molecule has 0 atom stereocenters. The van der Waals surface area contributed by atoms with Crippen LogP contribution in [0, 0.1) is 0 Å². The summed E-state index contributed by atoms with van der Waals surface area (Å²) in [4.78, 5) is 28.3. The number of anilines is 1. The van der Waals surface area contributed by atoms with Crippen LogP contribution in [0.1, 0.15) is 33.6 Å². The second-order valence-corrected chi connectivity index (χ2v) is 6.60. The summed E-state index contributed by atoms with van der Waals surface area (Å²) >= 11 is 0. The molecule has 2 rings (SSSR count). The van der Waals surface area contributed by atoms with Gasteiger partial charge in [0.2, 0.25) is 6.08 Å². The number of alkyl carbamates (subject to hydrolysis) is 1. The number of aliphatic imine (C=N–C) groups is 1. The van der Waals surface area contributed by atoms with E-state index in [0.29, 0.717) is 5.69 Å². The average molecular weight is 317 g/mol. The lowest BCUT2D eigenvalue weighted by molar-refractivity contribution is 0.0497. The summed E-state index contributed by atoms with van der Waals surface area (Å²) in [6, 6.07) is 7.60. The van der Waals surface area contributed by atoms with E-state index in [1.165, 1.54) is 0 Å². The van der Waals surface area contributed by atoms with Gasteiger partial charge in [0.1, 0.15) is 5.60 Å². The fourth-order valence-corrected chi connectivity index (χ4v) is 2.61. The van der Waals surface area contributed by atoms with Crippen molar-refractivity contribution in [2.45, 2.75) is 45.3 Å². The summed E-state index contributed by atoms with van der Waals surface area (Å²) in [5.41, 5.74) is 1.06. The van der Waals surface area contributed by atoms with Gasteiger partial charge in [0, 0.05) is 19.1 Å². The van der Waals surface area contributed by atoms with E-state index in [0.717, 1.165) is 31.6 Å². The van der Waals surface area contributed by atoms with Gasteiger partial charge in [0.25, 0.3) is 0 Å². The number of isocyanates is 1. The smallest absolute Gasteiger partial charge is 0.407 e. The Kier molecular flexibility index (Phi) is 5.40. The zero-order valence-electron chi connectivity index (χ0n) is 13.8. The molecule has 23 heavy (non-hydrogen) atoms. The first-order chi connectivity index (χ1) is 10.9. The Morgan fingerprint density at radius 1 is 1.30 bits per heavy atom. The average Bonchev–Trinajstić information content (AvgIpc) is 2.47. The second kappa shape index (κ2) is 7.29. The molecule has 0 unspecified atom stereocenters. The predicted octanol–water partition coefficient (Wildman–Crippen LogP) is 3.15. The van der Waals surface area contributed by atoms with Gasteiger partial charge in [-0.2, -0.15) is 4.99 Å². The van der Waals surface area contributed by atoms with Crippen LogP contribution >= 0.6 is 0 Å². The van der Waals surface area contributed by atoms with Crippen molar-refractivity contribution in [3.8, 4) is 0 Å². The van der Waals surface area contributed by atoms with Crippen LogP contribution in [0.5, 0.6) is 0 Å². The first-order valence-electron chi connectivity index (χ1n) is 7.80. The van der Waals surface area contributed by atoms with Gasteiger partial charge < -0.3 is 15.0 Å². The Hall–Kier alpha value is -2.33. The minimum atomic E-state index is -0.490. The fourth-order valence-electron chi connectivity index (χ4n) is 2.61. The van der Waals surface area contributed by atoms with Crippen LogP contribution in [-0.2, 0) is 9.53 Å². The Labute approximate surface area is 136 Å². The molecule has 0 aliphatic carbocycles. The number of ether oxygens (including phenoxy) is 1. The van der Waals surface area contributed by atoms with Crippen LogP contribution in [0.25, 0.3) is 0 Å². The lowest BCUT2D eigenvalue weighted by Gasteiger charge is -2.34. The Morgan fingerprint density at radius 2 is 1.96 bits per heavy atom. The van der Waals surface area contributed by atoms with E-state index in [9.17, 15) is 9.59 Å². The third-order valence-electron chi connectivity index (χ3n) is 3.60. The molecule has 124 valence electrons. The monoisotopic (exact) mass is 317 g/mol. The molecule has 1 fully saturated rings. The van der Waals surface area contributed by atoms with Gasteiger partial charge in [-0.3, -0.25) is 0 Å². The predicted molar refractivity (Wildman–Crippen MR) is 88.8 cm³/mol. The normalized spacial score (nSPS) is 15.7. The van der Waals surface area contributed by atoms with E-state index in [-0.39, 0.29) is 12.1 Å². The lowest BCUT2D eigenvalue weighted by atomic mass is 10.0. The van der Waals surface area contributed by atoms with Gasteiger partial charge in [-0.1, -0.05) is 12.1 Å². The molecule has 0 aromatic heterocycles. The quantitative estimate of drug-likeness (QED) is 0.687. The molecule has 0 saturated carbocycles. The number of hydrogen-bond donors (Lipinski definition) is 1. The molecular weight excluding hydrogens is 294 g/mol. The van der Waals surface area contributed by atoms with Crippen LogP contribution in [0.15, 0.2) is 29.3 Å². The van der Waals surface area contributed by atoms with Crippen molar-refractivity contribution < 1.29 is 14.3 Å². The maximum Gasteiger partial charge on any atom is 0.407 e. The minimum absolute atomic E-state index is 0.0998. The van der Waals surface area contributed by atoms with E-state index < -0.39 is 5.60 Å². The summed E-state index contributed by atoms with van der Waals surface area (Å²) < 4.78 is 5.28. The highest BCUT2D eigenvalue weighted by Crippen LogP contribution is 2.30. The standard InChI is InChI=1S/C17H23N3O3/c1-17(2,3)23-16(22)19-13-8-10-20(11-9-13)15-7-5-4-6-14(15)18-12-21/h4-7,13H,8-11H2,1-3H3,(H,19,22). The number of amides is 1. The lowest BCUT2D eigenvalue weighted by Crippen LogP contribution is -2.46. The molecule has 1 aliphatic rings. The number of benzene rings is 1. The molecule has 6 nitrogen and oxygen atoms in total. The largest absolute Gasteiger partial charge is 0.444 e. The zero-order chi connectivity index (χ0) is 16.9. The van der Waals surface area contributed by atoms with Crippen molar-refractivity contribution in [3.63, 3.8) is 0 Å². The van der Waals surface area contributed by atoms with Crippen molar-refractivity contribution >= 4 is 23.5 Å². The van der Waals surface area contributed by atoms with Crippen LogP contribution in [0.2, 0.25) is 0 Å². The van der Waals surface area contributed by atoms with Crippen LogP contribution in [0.4, 0.5) is 16.2 Å². The van der Waals surface area contributed by atoms with Crippen LogP contribution < -0.4 is 10.2 Å². The maximum atomic E-state index is 11.8. The maximum absolute atomic E-state index is 11.8.